The molecule has 0 spiro atoms. The van der Waals surface area contributed by atoms with Gasteiger partial charge in [-0.3, -0.25) is 0 Å². The van der Waals surface area contributed by atoms with Crippen molar-refractivity contribution in [2.45, 2.75) is 37.0 Å². The van der Waals surface area contributed by atoms with Crippen LogP contribution in [0, 0.1) is 0 Å². The van der Waals surface area contributed by atoms with Crippen molar-refractivity contribution in [3.05, 3.63) is 65.2 Å². The number of nitrogens with zero attached hydrogens (tertiary/aromatic N) is 1. The maximum atomic E-state index is 13.0. The Kier molecular flexibility index (Phi) is 5.88. The van der Waals surface area contributed by atoms with Crippen molar-refractivity contribution in [3.8, 4) is 0 Å². The molecule has 27 heavy (non-hydrogen) atoms. The molecule has 0 unspecified atom stereocenters. The molecule has 1 aliphatic heterocycles. The van der Waals surface area contributed by atoms with Gasteiger partial charge in [-0.25, -0.2) is 8.42 Å². The lowest BCUT2D eigenvalue weighted by Gasteiger charge is -2.16. The van der Waals surface area contributed by atoms with E-state index in [-0.39, 0.29) is 17.0 Å². The van der Waals surface area contributed by atoms with Gasteiger partial charge in [-0.1, -0.05) is 30.3 Å². The molecular weight excluding hydrogens is 377 g/mol. The molecule has 146 valence electrons. The normalized spacial score (nSPS) is 16.0. The summed E-state index contributed by atoms with van der Waals surface area (Å²) in [6.45, 7) is 1.51. The van der Waals surface area contributed by atoms with Gasteiger partial charge in [0.25, 0.3) is 0 Å². The van der Waals surface area contributed by atoms with E-state index in [0.29, 0.717) is 19.6 Å². The number of hydrogen-bond donors (Lipinski definition) is 1. The highest BCUT2D eigenvalue weighted by molar-refractivity contribution is 7.89. The van der Waals surface area contributed by atoms with Crippen LogP contribution in [0.15, 0.2) is 53.4 Å². The molecule has 0 radical (unpaired) electrons. The van der Waals surface area contributed by atoms with E-state index in [9.17, 15) is 21.6 Å². The second-order valence-corrected chi connectivity index (χ2v) is 8.45. The van der Waals surface area contributed by atoms with Gasteiger partial charge < -0.3 is 5.32 Å². The van der Waals surface area contributed by atoms with E-state index in [1.54, 1.807) is 30.3 Å². The average Bonchev–Trinajstić information content (AvgIpc) is 3.17. The van der Waals surface area contributed by atoms with E-state index in [2.05, 4.69) is 5.32 Å². The molecule has 2 aromatic carbocycles. The zero-order valence-corrected chi connectivity index (χ0v) is 15.5. The van der Waals surface area contributed by atoms with Crippen LogP contribution in [0.2, 0.25) is 0 Å². The number of rotatable bonds is 6. The second-order valence-electron chi connectivity index (χ2n) is 6.51. The molecule has 1 saturated heterocycles. The first-order chi connectivity index (χ1) is 12.8. The van der Waals surface area contributed by atoms with Gasteiger partial charge in [-0.2, -0.15) is 17.5 Å². The first-order valence-electron chi connectivity index (χ1n) is 8.73. The van der Waals surface area contributed by atoms with Gasteiger partial charge in [-0.05, 0) is 42.2 Å². The Balaban J connectivity index is 1.62. The summed E-state index contributed by atoms with van der Waals surface area (Å²) in [5.74, 6) is 0. The summed E-state index contributed by atoms with van der Waals surface area (Å²) in [5, 5.41) is 2.98. The smallest absolute Gasteiger partial charge is 0.309 e. The van der Waals surface area contributed by atoms with Crippen LogP contribution in [0.25, 0.3) is 0 Å². The Morgan fingerprint density at radius 1 is 0.926 bits per heavy atom. The largest absolute Gasteiger partial charge is 0.416 e. The van der Waals surface area contributed by atoms with E-state index in [0.717, 1.165) is 24.5 Å². The molecule has 0 saturated carbocycles. The van der Waals surface area contributed by atoms with Gasteiger partial charge >= 0.3 is 6.18 Å². The molecule has 1 N–H and O–H groups in total. The molecule has 0 aliphatic carbocycles. The van der Waals surface area contributed by atoms with Crippen LogP contribution in [0.1, 0.15) is 29.5 Å². The van der Waals surface area contributed by atoms with E-state index in [4.69, 9.17) is 0 Å². The lowest BCUT2D eigenvalue weighted by atomic mass is 10.1. The van der Waals surface area contributed by atoms with Crippen molar-refractivity contribution >= 4 is 10.0 Å². The van der Waals surface area contributed by atoms with E-state index < -0.39 is 21.8 Å². The summed E-state index contributed by atoms with van der Waals surface area (Å²) < 4.78 is 65.4. The van der Waals surface area contributed by atoms with Crippen LogP contribution in [-0.4, -0.2) is 25.8 Å². The summed E-state index contributed by atoms with van der Waals surface area (Å²) >= 11 is 0. The molecular formula is C19H21F3N2O2S. The number of hydrogen-bond acceptors (Lipinski definition) is 3. The van der Waals surface area contributed by atoms with Crippen molar-refractivity contribution in [1.82, 2.24) is 9.62 Å². The number of sulfonamides is 1. The Bertz CT molecular complexity index is 875. The van der Waals surface area contributed by atoms with Crippen LogP contribution < -0.4 is 5.32 Å². The highest BCUT2D eigenvalue weighted by Crippen LogP contribution is 2.31. The number of benzene rings is 2. The molecule has 2 aromatic rings. The summed E-state index contributed by atoms with van der Waals surface area (Å²) in [5.41, 5.74) is 0.336. The molecule has 0 amide bonds. The van der Waals surface area contributed by atoms with Gasteiger partial charge in [0.2, 0.25) is 10.0 Å². The van der Waals surface area contributed by atoms with Crippen LogP contribution in [0.5, 0.6) is 0 Å². The minimum Gasteiger partial charge on any atom is -0.309 e. The predicted octanol–water partition coefficient (Wildman–Crippen LogP) is 3.78. The Morgan fingerprint density at radius 3 is 2.19 bits per heavy atom. The van der Waals surface area contributed by atoms with Gasteiger partial charge in [0, 0.05) is 26.2 Å². The molecule has 0 aromatic heterocycles. The zero-order valence-electron chi connectivity index (χ0n) is 14.7. The summed E-state index contributed by atoms with van der Waals surface area (Å²) in [6, 6.07) is 11.9. The van der Waals surface area contributed by atoms with Gasteiger partial charge in [0.05, 0.1) is 10.5 Å². The highest BCUT2D eigenvalue weighted by Gasteiger charge is 2.32. The third kappa shape index (κ3) is 4.69. The van der Waals surface area contributed by atoms with Crippen LogP contribution in [-0.2, 0) is 29.3 Å². The molecule has 1 heterocycles. The first-order valence-corrected chi connectivity index (χ1v) is 10.2. The van der Waals surface area contributed by atoms with Gasteiger partial charge in [-0.15, -0.1) is 0 Å². The Labute approximate surface area is 157 Å². The maximum absolute atomic E-state index is 13.0. The molecule has 0 atom stereocenters. The first kappa shape index (κ1) is 19.9. The quantitative estimate of drug-likeness (QED) is 0.806. The monoisotopic (exact) mass is 398 g/mol. The Morgan fingerprint density at radius 2 is 1.56 bits per heavy atom. The van der Waals surface area contributed by atoms with E-state index >= 15 is 0 Å². The highest BCUT2D eigenvalue weighted by atomic mass is 32.2. The summed E-state index contributed by atoms with van der Waals surface area (Å²) in [4.78, 5) is 0.246. The maximum Gasteiger partial charge on any atom is 0.416 e. The lowest BCUT2D eigenvalue weighted by Crippen LogP contribution is -2.27. The van der Waals surface area contributed by atoms with Crippen molar-refractivity contribution in [2.24, 2.45) is 0 Å². The fraction of sp³-hybridized carbons (Fsp3) is 0.368. The molecule has 1 aliphatic rings. The topological polar surface area (TPSA) is 49.4 Å². The number of nitrogens with one attached hydrogen (secondary N) is 1. The van der Waals surface area contributed by atoms with Crippen LogP contribution in [0.4, 0.5) is 13.2 Å². The number of alkyl halides is 3. The van der Waals surface area contributed by atoms with Crippen LogP contribution >= 0.6 is 0 Å². The molecule has 1 fully saturated rings. The summed E-state index contributed by atoms with van der Waals surface area (Å²) in [7, 11) is -3.45. The van der Waals surface area contributed by atoms with Crippen molar-refractivity contribution in [1.29, 1.82) is 0 Å². The molecule has 3 rings (SSSR count). The van der Waals surface area contributed by atoms with E-state index in [1.807, 2.05) is 0 Å². The van der Waals surface area contributed by atoms with Gasteiger partial charge in [0.15, 0.2) is 0 Å². The molecule has 4 nitrogen and oxygen atoms in total. The summed E-state index contributed by atoms with van der Waals surface area (Å²) in [6.07, 6.45) is -2.63. The van der Waals surface area contributed by atoms with Crippen LogP contribution in [0.3, 0.4) is 0 Å². The minimum atomic E-state index is -4.39. The van der Waals surface area contributed by atoms with Crippen molar-refractivity contribution < 1.29 is 21.6 Å². The van der Waals surface area contributed by atoms with Crippen molar-refractivity contribution in [3.63, 3.8) is 0 Å². The second kappa shape index (κ2) is 8.00. The lowest BCUT2D eigenvalue weighted by molar-refractivity contribution is -0.138. The number of halogens is 3. The van der Waals surface area contributed by atoms with Crippen molar-refractivity contribution in [2.75, 3.05) is 13.1 Å². The minimum absolute atomic E-state index is 0.0729. The SMILES string of the molecule is O=S(=O)(c1ccc(CNCc2ccccc2C(F)(F)F)cc1)N1CCCC1. The molecule has 8 heteroatoms. The predicted molar refractivity (Wildman–Crippen MR) is 96.4 cm³/mol. The van der Waals surface area contributed by atoms with Gasteiger partial charge in [0.1, 0.15) is 0 Å². The third-order valence-corrected chi connectivity index (χ3v) is 6.51. The fourth-order valence-corrected chi connectivity index (χ4v) is 4.67. The average molecular weight is 398 g/mol. The molecule has 0 bridgehead atoms. The fourth-order valence-electron chi connectivity index (χ4n) is 3.15. The van der Waals surface area contributed by atoms with E-state index in [1.165, 1.54) is 16.4 Å². The standard InChI is InChI=1S/C19H21F3N2O2S/c20-19(21,22)18-6-2-1-5-16(18)14-23-13-15-7-9-17(10-8-15)27(25,26)24-11-3-4-12-24/h1-2,5-10,23H,3-4,11-14H2. The third-order valence-electron chi connectivity index (χ3n) is 4.59. The Hall–Kier alpha value is -1.90. The zero-order chi connectivity index (χ0) is 19.5.